The Balaban J connectivity index is 1.96. The van der Waals surface area contributed by atoms with Crippen LogP contribution >= 0.6 is 0 Å². The smallest absolute Gasteiger partial charge is 0.491 e. The number of ether oxygens (including phenoxy) is 5. The second kappa shape index (κ2) is 13.7. The van der Waals surface area contributed by atoms with E-state index in [1.54, 1.807) is 68.7 Å². The van der Waals surface area contributed by atoms with E-state index in [1.807, 2.05) is 13.8 Å². The number of alkyl halides is 3. The molecule has 4 aromatic rings. The molecule has 0 aliphatic rings. The van der Waals surface area contributed by atoms with Crippen LogP contribution in [0.1, 0.15) is 59.0 Å². The van der Waals surface area contributed by atoms with Crippen molar-refractivity contribution in [2.24, 2.45) is 0 Å². The van der Waals surface area contributed by atoms with Gasteiger partial charge >= 0.3 is 18.4 Å². The van der Waals surface area contributed by atoms with Gasteiger partial charge in [-0.25, -0.2) is 14.5 Å². The lowest BCUT2D eigenvalue weighted by molar-refractivity contribution is -0.274. The highest BCUT2D eigenvalue weighted by molar-refractivity contribution is 6.21. The van der Waals surface area contributed by atoms with E-state index in [0.717, 1.165) is 24.0 Å². The summed E-state index contributed by atoms with van der Waals surface area (Å²) < 4.78 is 66.0. The van der Waals surface area contributed by atoms with Crippen molar-refractivity contribution in [2.45, 2.75) is 66.5 Å². The third-order valence-corrected chi connectivity index (χ3v) is 6.26. The summed E-state index contributed by atoms with van der Waals surface area (Å²) in [6.45, 7) is 11.5. The van der Waals surface area contributed by atoms with E-state index in [4.69, 9.17) is 18.9 Å². The Morgan fingerprint density at radius 1 is 0.851 bits per heavy atom. The Morgan fingerprint density at radius 2 is 1.43 bits per heavy atom. The Bertz CT molecular complexity index is 1760. The highest BCUT2D eigenvalue weighted by Crippen LogP contribution is 2.41. The number of esters is 1. The van der Waals surface area contributed by atoms with Crippen molar-refractivity contribution in [2.75, 3.05) is 11.5 Å². The van der Waals surface area contributed by atoms with E-state index in [2.05, 4.69) is 4.74 Å². The number of carbonyl (C=O) groups excluding carboxylic acids is 3. The molecular formula is C34H35F3N2O8. The zero-order valence-corrected chi connectivity index (χ0v) is 26.9. The zero-order chi connectivity index (χ0) is 34.7. The number of amides is 2. The fourth-order valence-corrected chi connectivity index (χ4v) is 4.68. The maximum Gasteiger partial charge on any atom is 0.573 e. The molecule has 0 fully saturated rings. The molecule has 0 atom stereocenters. The molecule has 0 aliphatic heterocycles. The first-order valence-corrected chi connectivity index (χ1v) is 14.7. The minimum Gasteiger partial charge on any atom is -0.491 e. The van der Waals surface area contributed by atoms with Crippen LogP contribution in [-0.4, -0.2) is 47.2 Å². The molecule has 0 saturated carbocycles. The summed E-state index contributed by atoms with van der Waals surface area (Å²) >= 11 is 0. The van der Waals surface area contributed by atoms with Gasteiger partial charge in [0.05, 0.1) is 23.9 Å². The summed E-state index contributed by atoms with van der Waals surface area (Å²) in [7, 11) is 0. The van der Waals surface area contributed by atoms with E-state index in [0.29, 0.717) is 17.0 Å². The number of hydrogen-bond donors (Lipinski definition) is 0. The first-order chi connectivity index (χ1) is 22.0. The Kier molecular flexibility index (Phi) is 10.1. The minimum absolute atomic E-state index is 0.00408. The summed E-state index contributed by atoms with van der Waals surface area (Å²) in [5.74, 6) is -1.06. The average Bonchev–Trinajstić information content (AvgIpc) is 3.26. The van der Waals surface area contributed by atoms with E-state index >= 15 is 0 Å². The Labute approximate surface area is 269 Å². The van der Waals surface area contributed by atoms with Crippen molar-refractivity contribution in [3.05, 3.63) is 72.4 Å². The third kappa shape index (κ3) is 8.54. The molecule has 13 heteroatoms. The third-order valence-electron chi connectivity index (χ3n) is 6.26. The number of carbonyl (C=O) groups is 3. The number of anilines is 1. The van der Waals surface area contributed by atoms with Crippen LogP contribution in [0.2, 0.25) is 0 Å². The molecule has 0 saturated heterocycles. The predicted molar refractivity (Wildman–Crippen MR) is 168 cm³/mol. The Hall–Kier alpha value is -5.20. The molecule has 0 spiro atoms. The molecule has 0 aliphatic carbocycles. The topological polar surface area (TPSA) is 106 Å². The number of aromatic nitrogens is 1. The molecule has 1 aromatic heterocycles. The molecular weight excluding hydrogens is 621 g/mol. The van der Waals surface area contributed by atoms with Crippen molar-refractivity contribution in [3.8, 4) is 28.7 Å². The Morgan fingerprint density at radius 3 is 1.96 bits per heavy atom. The van der Waals surface area contributed by atoms with E-state index in [9.17, 15) is 27.6 Å². The molecule has 47 heavy (non-hydrogen) atoms. The van der Waals surface area contributed by atoms with Gasteiger partial charge in [-0.05, 0) is 108 Å². The monoisotopic (exact) mass is 656 g/mol. The van der Waals surface area contributed by atoms with Crippen molar-refractivity contribution < 1.29 is 51.2 Å². The average molecular weight is 657 g/mol. The number of rotatable bonds is 9. The van der Waals surface area contributed by atoms with Gasteiger partial charge in [0.2, 0.25) is 5.91 Å². The van der Waals surface area contributed by atoms with Crippen LogP contribution in [0.25, 0.3) is 16.6 Å². The van der Waals surface area contributed by atoms with Gasteiger partial charge in [-0.3, -0.25) is 4.79 Å². The lowest BCUT2D eigenvalue weighted by Gasteiger charge is -2.26. The largest absolute Gasteiger partial charge is 0.573 e. The fourth-order valence-electron chi connectivity index (χ4n) is 4.68. The van der Waals surface area contributed by atoms with Crippen LogP contribution in [-0.2, 0) is 14.3 Å². The van der Waals surface area contributed by atoms with Gasteiger partial charge in [-0.2, -0.15) is 0 Å². The number of fused-ring (bicyclic) bond motifs is 1. The van der Waals surface area contributed by atoms with Crippen LogP contribution in [0.15, 0.2) is 66.7 Å². The number of imide groups is 1. The van der Waals surface area contributed by atoms with Gasteiger partial charge in [0.1, 0.15) is 28.6 Å². The number of hydrogen-bond acceptors (Lipinski definition) is 8. The first kappa shape index (κ1) is 34.7. The van der Waals surface area contributed by atoms with Crippen LogP contribution in [0.5, 0.6) is 23.0 Å². The minimum atomic E-state index is -4.86. The second-order valence-corrected chi connectivity index (χ2v) is 11.5. The van der Waals surface area contributed by atoms with Gasteiger partial charge in [0, 0.05) is 18.0 Å². The predicted octanol–water partition coefficient (Wildman–Crippen LogP) is 8.57. The van der Waals surface area contributed by atoms with Gasteiger partial charge in [-0.1, -0.05) is 0 Å². The molecule has 250 valence electrons. The number of benzene rings is 3. The standard InChI is InChI=1S/C34H35F3N2O8/c1-8-43-31(41)30-29(38(21(4)40)32(42)47-33(5,6)7)27-19-26(45-24-13-15-25(16-14-24)46-34(35,36)37)17-18-28(27)39(30)22-9-11-23(12-10-22)44-20(2)3/h9-20H,8H2,1-7H3. The van der Waals surface area contributed by atoms with E-state index in [1.165, 1.54) is 18.2 Å². The molecule has 0 bridgehead atoms. The summed E-state index contributed by atoms with van der Waals surface area (Å²) in [5.41, 5.74) is -0.345. The molecule has 10 nitrogen and oxygen atoms in total. The van der Waals surface area contributed by atoms with Gasteiger partial charge in [0.15, 0.2) is 5.69 Å². The van der Waals surface area contributed by atoms with Crippen molar-refractivity contribution >= 4 is 34.6 Å². The van der Waals surface area contributed by atoms with Crippen LogP contribution in [0.3, 0.4) is 0 Å². The van der Waals surface area contributed by atoms with Crippen molar-refractivity contribution in [1.82, 2.24) is 4.57 Å². The van der Waals surface area contributed by atoms with Gasteiger partial charge < -0.3 is 28.3 Å². The molecule has 3 aromatic carbocycles. The maximum absolute atomic E-state index is 13.7. The second-order valence-electron chi connectivity index (χ2n) is 11.5. The zero-order valence-electron chi connectivity index (χ0n) is 26.9. The summed E-state index contributed by atoms with van der Waals surface area (Å²) in [6, 6.07) is 16.3. The fraction of sp³-hybridized carbons (Fsp3) is 0.324. The van der Waals surface area contributed by atoms with Crippen molar-refractivity contribution in [3.63, 3.8) is 0 Å². The van der Waals surface area contributed by atoms with Gasteiger partial charge in [-0.15, -0.1) is 13.2 Å². The number of nitrogens with zero attached hydrogens (tertiary/aromatic N) is 2. The highest BCUT2D eigenvalue weighted by Gasteiger charge is 2.36. The molecule has 0 N–H and O–H groups in total. The summed E-state index contributed by atoms with van der Waals surface area (Å²) in [6.07, 6.45) is -5.96. The SMILES string of the molecule is CCOC(=O)c1c(N(C(C)=O)C(=O)OC(C)(C)C)c2cc(Oc3ccc(OC(F)(F)F)cc3)ccc2n1-c1ccc(OC(C)C)cc1. The lowest BCUT2D eigenvalue weighted by Crippen LogP contribution is -2.40. The van der Waals surface area contributed by atoms with E-state index in [-0.39, 0.29) is 41.0 Å². The first-order valence-electron chi connectivity index (χ1n) is 14.7. The summed E-state index contributed by atoms with van der Waals surface area (Å²) in [5, 5.41) is 0.242. The van der Waals surface area contributed by atoms with Gasteiger partial charge in [0.25, 0.3) is 0 Å². The highest BCUT2D eigenvalue weighted by atomic mass is 19.4. The molecule has 0 unspecified atom stereocenters. The van der Waals surface area contributed by atoms with E-state index < -0.39 is 35.7 Å². The summed E-state index contributed by atoms with van der Waals surface area (Å²) in [4.78, 5) is 41.2. The quantitative estimate of drug-likeness (QED) is 0.165. The van der Waals surface area contributed by atoms with Crippen molar-refractivity contribution in [1.29, 1.82) is 0 Å². The molecule has 0 radical (unpaired) electrons. The normalized spacial score (nSPS) is 11.7. The van der Waals surface area contributed by atoms with Crippen LogP contribution in [0, 0.1) is 0 Å². The maximum atomic E-state index is 13.7. The molecule has 1 heterocycles. The lowest BCUT2D eigenvalue weighted by atomic mass is 10.2. The molecule has 2 amide bonds. The number of halogens is 3. The molecule has 4 rings (SSSR count). The van der Waals surface area contributed by atoms with Crippen LogP contribution < -0.4 is 19.1 Å². The van der Waals surface area contributed by atoms with Crippen LogP contribution in [0.4, 0.5) is 23.7 Å².